The Balaban J connectivity index is 4.49. The second-order valence-corrected chi connectivity index (χ2v) is 12.8. The minimum atomic E-state index is -0.877. The standard InChI is InChI=1S/C35H65NO7/c1-6-8-10-12-14-16-17-18-20-22-24-26-34(38)43-31(29-41-28-27-32(35(39)40)36(3,4)5)30-42-33(37)25-23-21-19-15-13-11-9-7-2/h12,14,31-32H,6-11,13,15-30H2,1-5H3/p+1/b14-12+. The molecule has 0 radical (unpaired) electrons. The van der Waals surface area contributed by atoms with Gasteiger partial charge in [-0.2, -0.15) is 0 Å². The van der Waals surface area contributed by atoms with Gasteiger partial charge in [0.1, 0.15) is 6.61 Å². The number of hydrogen-bond donors (Lipinski definition) is 1. The van der Waals surface area contributed by atoms with E-state index in [1.54, 1.807) is 0 Å². The Bertz CT molecular complexity index is 732. The lowest BCUT2D eigenvalue weighted by Gasteiger charge is -2.31. The van der Waals surface area contributed by atoms with E-state index in [1.807, 2.05) is 21.1 Å². The second kappa shape index (κ2) is 27.6. The third-order valence-electron chi connectivity index (χ3n) is 7.66. The molecule has 0 fully saturated rings. The summed E-state index contributed by atoms with van der Waals surface area (Å²) < 4.78 is 17.1. The van der Waals surface area contributed by atoms with Gasteiger partial charge in [-0.15, -0.1) is 0 Å². The Hall–Kier alpha value is -1.93. The number of hydrogen-bond acceptors (Lipinski definition) is 6. The summed E-state index contributed by atoms with van der Waals surface area (Å²) in [6.45, 7) is 4.64. The number of ether oxygens (including phenoxy) is 3. The van der Waals surface area contributed by atoms with E-state index in [-0.39, 0.29) is 36.2 Å². The second-order valence-electron chi connectivity index (χ2n) is 12.8. The van der Waals surface area contributed by atoms with Crippen LogP contribution >= 0.6 is 0 Å². The minimum absolute atomic E-state index is 0.0505. The zero-order chi connectivity index (χ0) is 32.2. The number of nitrogens with zero attached hydrogens (tertiary/aromatic N) is 1. The Morgan fingerprint density at radius 1 is 0.674 bits per heavy atom. The van der Waals surface area contributed by atoms with Gasteiger partial charge >= 0.3 is 17.9 Å². The highest BCUT2D eigenvalue weighted by molar-refractivity contribution is 5.72. The number of carboxylic acid groups (broad SMARTS) is 1. The Morgan fingerprint density at radius 3 is 1.74 bits per heavy atom. The number of allylic oxidation sites excluding steroid dienone is 2. The van der Waals surface area contributed by atoms with Gasteiger partial charge in [-0.3, -0.25) is 9.59 Å². The molecule has 0 spiro atoms. The van der Waals surface area contributed by atoms with Gasteiger partial charge in [0.05, 0.1) is 34.4 Å². The number of quaternary nitrogens is 1. The van der Waals surface area contributed by atoms with Crippen molar-refractivity contribution in [3.63, 3.8) is 0 Å². The highest BCUT2D eigenvalue weighted by Gasteiger charge is 2.31. The van der Waals surface area contributed by atoms with Crippen LogP contribution in [0.5, 0.6) is 0 Å². The molecule has 0 amide bonds. The molecule has 0 aromatic heterocycles. The zero-order valence-electron chi connectivity index (χ0n) is 28.4. The van der Waals surface area contributed by atoms with E-state index in [2.05, 4.69) is 26.0 Å². The largest absolute Gasteiger partial charge is 0.477 e. The van der Waals surface area contributed by atoms with Gasteiger partial charge in [0.15, 0.2) is 12.1 Å². The lowest BCUT2D eigenvalue weighted by Crippen LogP contribution is -2.50. The predicted molar refractivity (Wildman–Crippen MR) is 174 cm³/mol. The molecular formula is C35H66NO7+. The first-order valence-corrected chi connectivity index (χ1v) is 17.2. The third kappa shape index (κ3) is 26.2. The number of unbranched alkanes of at least 4 members (excludes halogenated alkanes) is 14. The van der Waals surface area contributed by atoms with Crippen LogP contribution in [0.25, 0.3) is 0 Å². The van der Waals surface area contributed by atoms with Crippen molar-refractivity contribution in [1.82, 2.24) is 0 Å². The average Bonchev–Trinajstić information content (AvgIpc) is 2.94. The quantitative estimate of drug-likeness (QED) is 0.0380. The van der Waals surface area contributed by atoms with Crippen molar-refractivity contribution in [2.45, 2.75) is 154 Å². The van der Waals surface area contributed by atoms with Crippen molar-refractivity contribution in [1.29, 1.82) is 0 Å². The zero-order valence-corrected chi connectivity index (χ0v) is 28.4. The molecule has 0 rings (SSSR count). The number of esters is 2. The fourth-order valence-electron chi connectivity index (χ4n) is 4.89. The number of carboxylic acids is 1. The summed E-state index contributed by atoms with van der Waals surface area (Å²) in [5.41, 5.74) is 0. The van der Waals surface area contributed by atoms with Gasteiger partial charge in [0.2, 0.25) is 0 Å². The van der Waals surface area contributed by atoms with Crippen LogP contribution in [-0.4, -0.2) is 80.6 Å². The molecule has 0 saturated carbocycles. The third-order valence-corrected chi connectivity index (χ3v) is 7.66. The van der Waals surface area contributed by atoms with Crippen molar-refractivity contribution in [3.8, 4) is 0 Å². The van der Waals surface area contributed by atoms with E-state index in [9.17, 15) is 19.5 Å². The molecule has 8 nitrogen and oxygen atoms in total. The highest BCUT2D eigenvalue weighted by atomic mass is 16.6. The first kappa shape index (κ1) is 41.1. The fraction of sp³-hybridized carbons (Fsp3) is 0.857. The average molecular weight is 613 g/mol. The van der Waals surface area contributed by atoms with Crippen molar-refractivity contribution in [2.24, 2.45) is 0 Å². The van der Waals surface area contributed by atoms with Gasteiger partial charge in [0.25, 0.3) is 0 Å². The molecule has 0 aromatic carbocycles. The molecular weight excluding hydrogens is 546 g/mol. The molecule has 8 heteroatoms. The van der Waals surface area contributed by atoms with Crippen molar-refractivity contribution >= 4 is 17.9 Å². The molecule has 0 aromatic rings. The van der Waals surface area contributed by atoms with Crippen molar-refractivity contribution in [2.75, 3.05) is 41.0 Å². The summed E-state index contributed by atoms with van der Waals surface area (Å²) in [4.78, 5) is 36.5. The molecule has 0 bridgehead atoms. The molecule has 2 atom stereocenters. The van der Waals surface area contributed by atoms with E-state index in [0.717, 1.165) is 51.4 Å². The van der Waals surface area contributed by atoms with E-state index in [1.165, 1.54) is 57.8 Å². The Kier molecular flexibility index (Phi) is 26.4. The fourth-order valence-corrected chi connectivity index (χ4v) is 4.89. The monoisotopic (exact) mass is 612 g/mol. The maximum absolute atomic E-state index is 12.6. The Morgan fingerprint density at radius 2 is 1.19 bits per heavy atom. The van der Waals surface area contributed by atoms with Crippen LogP contribution in [0.15, 0.2) is 12.2 Å². The maximum Gasteiger partial charge on any atom is 0.362 e. The van der Waals surface area contributed by atoms with Crippen LogP contribution in [0.2, 0.25) is 0 Å². The number of likely N-dealkylation sites (N-methyl/N-ethyl adjacent to an activating group) is 1. The van der Waals surface area contributed by atoms with Gasteiger partial charge in [0, 0.05) is 19.3 Å². The minimum Gasteiger partial charge on any atom is -0.477 e. The molecule has 43 heavy (non-hydrogen) atoms. The Labute approximate surface area is 263 Å². The molecule has 0 saturated heterocycles. The summed E-state index contributed by atoms with van der Waals surface area (Å²) in [6.07, 6.45) is 24.0. The van der Waals surface area contributed by atoms with Gasteiger partial charge in [-0.05, 0) is 32.1 Å². The van der Waals surface area contributed by atoms with Crippen LogP contribution in [0.1, 0.15) is 142 Å². The molecule has 0 aliphatic heterocycles. The van der Waals surface area contributed by atoms with Crippen LogP contribution in [0.4, 0.5) is 0 Å². The van der Waals surface area contributed by atoms with Gasteiger partial charge < -0.3 is 23.8 Å². The first-order chi connectivity index (χ1) is 20.6. The number of carbonyl (C=O) groups is 3. The summed E-state index contributed by atoms with van der Waals surface area (Å²) >= 11 is 0. The molecule has 0 aliphatic rings. The highest BCUT2D eigenvalue weighted by Crippen LogP contribution is 2.13. The summed E-state index contributed by atoms with van der Waals surface area (Å²) in [5, 5.41) is 9.54. The maximum atomic E-state index is 12.6. The molecule has 1 N–H and O–H groups in total. The SMILES string of the molecule is CCCC/C=C/CCCCCCCC(=O)OC(COCCC(C(=O)O)[N+](C)(C)C)COC(=O)CCCCCCCCCC. The summed E-state index contributed by atoms with van der Waals surface area (Å²) in [5.74, 6) is -1.48. The van der Waals surface area contributed by atoms with E-state index in [4.69, 9.17) is 14.2 Å². The van der Waals surface area contributed by atoms with Gasteiger partial charge in [-0.25, -0.2) is 4.79 Å². The topological polar surface area (TPSA) is 99.1 Å². The smallest absolute Gasteiger partial charge is 0.362 e. The van der Waals surface area contributed by atoms with E-state index in [0.29, 0.717) is 19.3 Å². The summed E-state index contributed by atoms with van der Waals surface area (Å²) in [6, 6.07) is -0.609. The summed E-state index contributed by atoms with van der Waals surface area (Å²) in [7, 11) is 5.50. The van der Waals surface area contributed by atoms with Crippen LogP contribution < -0.4 is 0 Å². The lowest BCUT2D eigenvalue weighted by atomic mass is 10.1. The van der Waals surface area contributed by atoms with E-state index >= 15 is 0 Å². The van der Waals surface area contributed by atoms with Crippen LogP contribution in [0.3, 0.4) is 0 Å². The molecule has 0 heterocycles. The van der Waals surface area contributed by atoms with Gasteiger partial charge in [-0.1, -0.05) is 103 Å². The molecule has 0 aliphatic carbocycles. The molecule has 2 unspecified atom stereocenters. The van der Waals surface area contributed by atoms with Crippen LogP contribution in [-0.2, 0) is 28.6 Å². The first-order valence-electron chi connectivity index (χ1n) is 17.2. The normalized spacial score (nSPS) is 13.2. The van der Waals surface area contributed by atoms with Crippen LogP contribution in [0, 0.1) is 0 Å². The number of rotatable bonds is 30. The molecule has 252 valence electrons. The van der Waals surface area contributed by atoms with E-state index < -0.39 is 18.1 Å². The van der Waals surface area contributed by atoms with Crippen molar-refractivity contribution < 1.29 is 38.2 Å². The lowest BCUT2D eigenvalue weighted by molar-refractivity contribution is -0.887. The number of carbonyl (C=O) groups excluding carboxylic acids is 2. The number of aliphatic carboxylic acids is 1. The van der Waals surface area contributed by atoms with Crippen molar-refractivity contribution in [3.05, 3.63) is 12.2 Å². The predicted octanol–water partition coefficient (Wildman–Crippen LogP) is 8.02.